The molecule has 0 radical (unpaired) electrons. The summed E-state index contributed by atoms with van der Waals surface area (Å²) >= 11 is 0. The highest BCUT2D eigenvalue weighted by Gasteiger charge is 2.70. The molecule has 2 heterocycles. The fourth-order valence-corrected chi connectivity index (χ4v) is 13.6. The minimum absolute atomic E-state index is 0.000215. The summed E-state index contributed by atoms with van der Waals surface area (Å²) in [5, 5.41) is 107. The molecule has 5 aliphatic carbocycles. The average molecular weight is 799 g/mol. The van der Waals surface area contributed by atoms with E-state index < -0.39 is 97.7 Å². The lowest BCUT2D eigenvalue weighted by Crippen LogP contribution is -2.68. The van der Waals surface area contributed by atoms with E-state index in [0.717, 1.165) is 38.5 Å². The van der Waals surface area contributed by atoms with Crippen LogP contribution in [0.2, 0.25) is 0 Å². The zero-order chi connectivity index (χ0) is 41.0. The minimum atomic E-state index is -1.56. The Morgan fingerprint density at radius 1 is 0.625 bits per heavy atom. The molecule has 0 aromatic carbocycles. The zero-order valence-corrected chi connectivity index (χ0v) is 34.0. The van der Waals surface area contributed by atoms with Gasteiger partial charge in [-0.25, -0.2) is 0 Å². The lowest BCUT2D eigenvalue weighted by atomic mass is 9.33. The van der Waals surface area contributed by atoms with Gasteiger partial charge in [0, 0.05) is 10.8 Å². The molecule has 0 unspecified atom stereocenters. The van der Waals surface area contributed by atoms with Gasteiger partial charge in [0.1, 0.15) is 48.8 Å². The van der Waals surface area contributed by atoms with E-state index in [-0.39, 0.29) is 52.6 Å². The van der Waals surface area contributed by atoms with E-state index >= 15 is 0 Å². The lowest BCUT2D eigenvalue weighted by Gasteiger charge is -2.72. The highest BCUT2D eigenvalue weighted by Crippen LogP contribution is 2.76. The summed E-state index contributed by atoms with van der Waals surface area (Å²) in [6.07, 6.45) is -6.14. The van der Waals surface area contributed by atoms with Gasteiger partial charge in [-0.15, -0.1) is 0 Å². The van der Waals surface area contributed by atoms with Crippen molar-refractivity contribution in [2.75, 3.05) is 26.4 Å². The predicted molar refractivity (Wildman–Crippen MR) is 200 cm³/mol. The van der Waals surface area contributed by atoms with Gasteiger partial charge < -0.3 is 70.0 Å². The van der Waals surface area contributed by atoms with Gasteiger partial charge in [-0.05, 0) is 97.2 Å². The zero-order valence-electron chi connectivity index (χ0n) is 34.0. The highest BCUT2D eigenvalue weighted by atomic mass is 16.7. The van der Waals surface area contributed by atoms with Gasteiger partial charge in [0.05, 0.1) is 38.6 Å². The first kappa shape index (κ1) is 43.3. The van der Waals surface area contributed by atoms with Crippen LogP contribution in [-0.2, 0) is 18.9 Å². The van der Waals surface area contributed by atoms with Gasteiger partial charge in [0.2, 0.25) is 0 Å². The van der Waals surface area contributed by atoms with Crippen molar-refractivity contribution >= 4 is 0 Å². The summed E-state index contributed by atoms with van der Waals surface area (Å²) in [5.41, 5.74) is -0.863. The van der Waals surface area contributed by atoms with E-state index in [9.17, 15) is 51.1 Å². The molecule has 14 heteroatoms. The predicted octanol–water partition coefficient (Wildman–Crippen LogP) is 0.733. The maximum atomic E-state index is 12.6. The van der Waals surface area contributed by atoms with Gasteiger partial charge in [0.15, 0.2) is 12.6 Å². The third kappa shape index (κ3) is 6.42. The Morgan fingerprint density at radius 2 is 1.20 bits per heavy atom. The second-order valence-corrected chi connectivity index (χ2v) is 20.7. The van der Waals surface area contributed by atoms with Crippen molar-refractivity contribution < 1.29 is 70.0 Å². The Bertz CT molecular complexity index is 1460. The van der Waals surface area contributed by atoms with Gasteiger partial charge in [-0.2, -0.15) is 0 Å². The van der Waals surface area contributed by atoms with E-state index in [1.54, 1.807) is 0 Å². The summed E-state index contributed by atoms with van der Waals surface area (Å²) < 4.78 is 23.9. The Hall–Kier alpha value is -0.820. The van der Waals surface area contributed by atoms with E-state index in [0.29, 0.717) is 19.3 Å². The molecule has 0 aromatic heterocycles. The molecule has 0 aromatic rings. The molecule has 2 aliphatic heterocycles. The Labute approximate surface area is 330 Å². The van der Waals surface area contributed by atoms with Gasteiger partial charge in [-0.3, -0.25) is 0 Å². The standard InChI is InChI=1S/C42H70O14/c1-37(2)13-14-42(20-54-36-34(52)32(50)30(48)24(18-44)56-36)22(15-37)21-7-8-26-38(3)11-10-27(45)39(4,19-53-35-33(51)31(49)29(47)23(17-43)55-35)25(38)9-12-40(26,5)41(21,6)16-28(42)46/h7,22-36,43-52H,8-20H2,1-6H3/t22-,23+,24+,25+,26+,27-,28-,29+,30+,31-,32-,33+,34+,35+,36+,38-,39-,40+,41+,42+/m0/s1. The van der Waals surface area contributed by atoms with Crippen LogP contribution in [0.3, 0.4) is 0 Å². The van der Waals surface area contributed by atoms with E-state index in [1.807, 2.05) is 6.92 Å². The van der Waals surface area contributed by atoms with Crippen molar-refractivity contribution in [3.63, 3.8) is 0 Å². The van der Waals surface area contributed by atoms with Crippen LogP contribution in [0.4, 0.5) is 0 Å². The third-order valence-corrected chi connectivity index (χ3v) is 17.4. The molecule has 4 saturated carbocycles. The van der Waals surface area contributed by atoms with E-state index in [1.165, 1.54) is 5.57 Å². The summed E-state index contributed by atoms with van der Waals surface area (Å²) in [5.74, 6) is 0.218. The van der Waals surface area contributed by atoms with Crippen LogP contribution in [0.1, 0.15) is 99.3 Å². The van der Waals surface area contributed by atoms with E-state index in [4.69, 9.17) is 18.9 Å². The number of hydrogen-bond acceptors (Lipinski definition) is 14. The van der Waals surface area contributed by atoms with Crippen LogP contribution in [0.5, 0.6) is 0 Å². The minimum Gasteiger partial charge on any atom is -0.394 e. The van der Waals surface area contributed by atoms with Crippen molar-refractivity contribution in [2.24, 2.45) is 50.2 Å². The van der Waals surface area contributed by atoms with Crippen LogP contribution < -0.4 is 0 Å². The average Bonchev–Trinajstić information content (AvgIpc) is 3.15. The Kier molecular flexibility index (Phi) is 11.6. The number of fused-ring (bicyclic) bond motifs is 7. The summed E-state index contributed by atoms with van der Waals surface area (Å²) in [6.45, 7) is 12.7. The first-order chi connectivity index (χ1) is 26.1. The number of rotatable bonds is 8. The molecule has 0 spiro atoms. The van der Waals surface area contributed by atoms with Gasteiger partial charge in [0.25, 0.3) is 0 Å². The van der Waals surface area contributed by atoms with Crippen LogP contribution in [0, 0.1) is 50.2 Å². The number of aliphatic hydroxyl groups excluding tert-OH is 10. The molecule has 2 saturated heterocycles. The monoisotopic (exact) mass is 798 g/mol. The molecule has 6 fully saturated rings. The van der Waals surface area contributed by atoms with Crippen molar-refractivity contribution in [3.05, 3.63) is 11.6 Å². The summed E-state index contributed by atoms with van der Waals surface area (Å²) in [4.78, 5) is 0. The molecule has 7 rings (SSSR count). The number of aliphatic hydroxyl groups is 10. The van der Waals surface area contributed by atoms with Crippen molar-refractivity contribution in [2.45, 2.75) is 173 Å². The molecule has 14 nitrogen and oxygen atoms in total. The van der Waals surface area contributed by atoms with Gasteiger partial charge in [-0.1, -0.05) is 53.2 Å². The molecule has 322 valence electrons. The molecule has 10 N–H and O–H groups in total. The number of allylic oxidation sites excluding steroid dienone is 2. The summed E-state index contributed by atoms with van der Waals surface area (Å²) in [7, 11) is 0. The van der Waals surface area contributed by atoms with E-state index in [2.05, 4.69) is 40.7 Å². The molecule has 7 aliphatic rings. The Balaban J connectivity index is 1.17. The molecule has 20 atom stereocenters. The fourth-order valence-electron chi connectivity index (χ4n) is 13.6. The van der Waals surface area contributed by atoms with Crippen molar-refractivity contribution in [1.29, 1.82) is 0 Å². The first-order valence-electron chi connectivity index (χ1n) is 21.0. The Morgan fingerprint density at radius 3 is 1.77 bits per heavy atom. The molecule has 0 bridgehead atoms. The maximum Gasteiger partial charge on any atom is 0.186 e. The second-order valence-electron chi connectivity index (χ2n) is 20.7. The molecule has 56 heavy (non-hydrogen) atoms. The summed E-state index contributed by atoms with van der Waals surface area (Å²) in [6, 6.07) is 0. The molecular weight excluding hydrogens is 728 g/mol. The van der Waals surface area contributed by atoms with Crippen LogP contribution in [0.25, 0.3) is 0 Å². The van der Waals surface area contributed by atoms with Crippen molar-refractivity contribution in [1.82, 2.24) is 0 Å². The number of ether oxygens (including phenoxy) is 4. The SMILES string of the molecule is CC1(C)CC[C@]2(CO[C@@H]3O[C@H](CO)[C@@H](O)[C@H](O)[C@H]3O)[C@@H](O)C[C@]3(C)C(=CC[C@@H]4[C@@]5(C)CC[C@H](O)[C@@](C)(CO[C@@H]6O[C@H](CO)[C@@H](O)[C@H](O)[C@H]6O)[C@@H]5CC[C@]43C)[C@@H]2C1. The third-order valence-electron chi connectivity index (χ3n) is 17.4. The molecular formula is C42H70O14. The quantitative estimate of drug-likeness (QED) is 0.153. The van der Waals surface area contributed by atoms with Crippen LogP contribution >= 0.6 is 0 Å². The first-order valence-corrected chi connectivity index (χ1v) is 21.0. The largest absolute Gasteiger partial charge is 0.394 e. The molecule has 0 amide bonds. The van der Waals surface area contributed by atoms with Crippen LogP contribution in [0.15, 0.2) is 11.6 Å². The normalized spacial score (nSPS) is 55.6. The lowest BCUT2D eigenvalue weighted by molar-refractivity contribution is -0.317. The number of hydrogen-bond donors (Lipinski definition) is 10. The highest BCUT2D eigenvalue weighted by molar-refractivity contribution is 5.35. The second kappa shape index (κ2) is 15.0. The topological polar surface area (TPSA) is 239 Å². The van der Waals surface area contributed by atoms with Gasteiger partial charge >= 0.3 is 0 Å². The van der Waals surface area contributed by atoms with Crippen molar-refractivity contribution in [3.8, 4) is 0 Å². The fraction of sp³-hybridized carbons (Fsp3) is 0.952. The van der Waals surface area contributed by atoms with Crippen LogP contribution in [-0.4, -0.2) is 151 Å². The smallest absolute Gasteiger partial charge is 0.186 e. The maximum absolute atomic E-state index is 12.6.